The van der Waals surface area contributed by atoms with E-state index in [1.54, 1.807) is 6.20 Å². The van der Waals surface area contributed by atoms with Gasteiger partial charge in [0.1, 0.15) is 5.54 Å². The summed E-state index contributed by atoms with van der Waals surface area (Å²) in [7, 11) is 0. The molecule has 0 aliphatic carbocycles. The second kappa shape index (κ2) is 11.2. The maximum absolute atomic E-state index is 13.4. The van der Waals surface area contributed by atoms with Gasteiger partial charge in [-0.1, -0.05) is 0 Å². The van der Waals surface area contributed by atoms with Crippen LogP contribution < -0.4 is 5.32 Å². The first-order chi connectivity index (χ1) is 12.1. The summed E-state index contributed by atoms with van der Waals surface area (Å²) in [5, 5.41) is 7.78. The van der Waals surface area contributed by atoms with Crippen LogP contribution in [-0.2, 0) is 15.1 Å². The predicted molar refractivity (Wildman–Crippen MR) is 111 cm³/mol. The smallest absolute Gasteiger partial charge is 0.250 e. The molecule has 0 atom stereocenters. The molecule has 3 rings (SSSR count). The highest BCUT2D eigenvalue weighted by atomic mass is 35.5. The lowest BCUT2D eigenvalue weighted by Crippen LogP contribution is -2.59. The summed E-state index contributed by atoms with van der Waals surface area (Å²) in [5.41, 5.74) is -0.516. The van der Waals surface area contributed by atoms with Crippen LogP contribution >= 0.6 is 24.8 Å². The SMILES string of the molecule is CC(C)OCCN1CCN(C(=O)C2(n3cccn3)CCNCC2)CC1.Cl.Cl. The fourth-order valence-corrected chi connectivity index (χ4v) is 3.79. The second-order valence-electron chi connectivity index (χ2n) is 7.29. The van der Waals surface area contributed by atoms with Gasteiger partial charge in [0.2, 0.25) is 0 Å². The third kappa shape index (κ3) is 5.81. The van der Waals surface area contributed by atoms with Crippen molar-refractivity contribution in [3.63, 3.8) is 0 Å². The van der Waals surface area contributed by atoms with E-state index in [2.05, 4.69) is 29.2 Å². The summed E-state index contributed by atoms with van der Waals surface area (Å²) in [4.78, 5) is 17.8. The lowest BCUT2D eigenvalue weighted by atomic mass is 9.86. The van der Waals surface area contributed by atoms with Crippen molar-refractivity contribution in [1.29, 1.82) is 0 Å². The molecule has 156 valence electrons. The third-order valence-corrected chi connectivity index (χ3v) is 5.29. The molecule has 2 fully saturated rings. The van der Waals surface area contributed by atoms with Gasteiger partial charge in [0, 0.05) is 45.1 Å². The van der Waals surface area contributed by atoms with E-state index >= 15 is 0 Å². The Hall–Kier alpha value is -0.860. The van der Waals surface area contributed by atoms with Gasteiger partial charge in [-0.25, -0.2) is 0 Å². The maximum atomic E-state index is 13.4. The molecule has 7 nitrogen and oxygen atoms in total. The van der Waals surface area contributed by atoms with Crippen molar-refractivity contribution >= 4 is 30.7 Å². The third-order valence-electron chi connectivity index (χ3n) is 5.29. The number of nitrogens with one attached hydrogen (secondary N) is 1. The van der Waals surface area contributed by atoms with Crippen LogP contribution in [0.2, 0.25) is 0 Å². The first-order valence-corrected chi connectivity index (χ1v) is 9.46. The number of amides is 1. The molecule has 1 aromatic heterocycles. The van der Waals surface area contributed by atoms with Crippen LogP contribution in [0.1, 0.15) is 26.7 Å². The normalized spacial score (nSPS) is 20.0. The molecule has 0 saturated carbocycles. The summed E-state index contributed by atoms with van der Waals surface area (Å²) in [5.74, 6) is 0.232. The van der Waals surface area contributed by atoms with E-state index in [0.717, 1.165) is 65.3 Å². The highest BCUT2D eigenvalue weighted by Gasteiger charge is 2.44. The van der Waals surface area contributed by atoms with Crippen LogP contribution in [-0.4, -0.2) is 84.0 Å². The molecule has 0 aromatic carbocycles. The Morgan fingerprint density at radius 1 is 1.19 bits per heavy atom. The van der Waals surface area contributed by atoms with Gasteiger partial charge < -0.3 is 15.0 Å². The molecule has 9 heteroatoms. The van der Waals surface area contributed by atoms with Crippen molar-refractivity contribution in [2.75, 3.05) is 52.4 Å². The lowest BCUT2D eigenvalue weighted by Gasteiger charge is -2.43. The van der Waals surface area contributed by atoms with Crippen molar-refractivity contribution < 1.29 is 9.53 Å². The Morgan fingerprint density at radius 3 is 2.41 bits per heavy atom. The molecule has 0 radical (unpaired) electrons. The standard InChI is InChI=1S/C18H31N5O2.2ClH/c1-16(2)25-15-14-21-10-12-22(13-11-21)17(24)18(4-7-19-8-5-18)23-9-3-6-20-23;;/h3,6,9,16,19H,4-5,7-8,10-15H2,1-2H3;2*1H. The molecule has 0 unspecified atom stereocenters. The monoisotopic (exact) mass is 421 g/mol. The van der Waals surface area contributed by atoms with Gasteiger partial charge in [0.15, 0.2) is 0 Å². The molecule has 3 heterocycles. The van der Waals surface area contributed by atoms with Crippen molar-refractivity contribution in [3.8, 4) is 0 Å². The lowest BCUT2D eigenvalue weighted by molar-refractivity contribution is -0.145. The van der Waals surface area contributed by atoms with Gasteiger partial charge in [0.25, 0.3) is 5.91 Å². The van der Waals surface area contributed by atoms with Gasteiger partial charge in [0.05, 0.1) is 12.7 Å². The van der Waals surface area contributed by atoms with Crippen molar-refractivity contribution in [1.82, 2.24) is 24.9 Å². The number of piperidine rings is 1. The summed E-state index contributed by atoms with van der Waals surface area (Å²) < 4.78 is 7.53. The predicted octanol–water partition coefficient (Wildman–Crippen LogP) is 1.37. The van der Waals surface area contributed by atoms with Crippen LogP contribution in [0.4, 0.5) is 0 Å². The molecule has 1 aromatic rings. The number of hydrogen-bond acceptors (Lipinski definition) is 5. The van der Waals surface area contributed by atoms with Crippen molar-refractivity contribution in [2.45, 2.75) is 38.3 Å². The Kier molecular flexibility index (Phi) is 10.0. The average molecular weight is 422 g/mol. The summed E-state index contributed by atoms with van der Waals surface area (Å²) >= 11 is 0. The van der Waals surface area contributed by atoms with Gasteiger partial charge in [-0.2, -0.15) is 5.10 Å². The number of carbonyl (C=O) groups excluding carboxylic acids is 1. The Balaban J connectivity index is 0.00000182. The number of aromatic nitrogens is 2. The number of carbonyl (C=O) groups is 1. The van der Waals surface area contributed by atoms with Crippen LogP contribution in [0.25, 0.3) is 0 Å². The number of rotatable bonds is 6. The van der Waals surface area contributed by atoms with Crippen LogP contribution in [0.3, 0.4) is 0 Å². The maximum Gasteiger partial charge on any atom is 0.250 e. The molecule has 1 amide bonds. The number of hydrogen-bond donors (Lipinski definition) is 1. The highest BCUT2D eigenvalue weighted by molar-refractivity contribution is 5.86. The van der Waals surface area contributed by atoms with Crippen molar-refractivity contribution in [2.24, 2.45) is 0 Å². The zero-order chi connectivity index (χ0) is 17.7. The average Bonchev–Trinajstić information content (AvgIpc) is 3.17. The van der Waals surface area contributed by atoms with Crippen molar-refractivity contribution in [3.05, 3.63) is 18.5 Å². The molecular formula is C18H33Cl2N5O2. The molecule has 27 heavy (non-hydrogen) atoms. The van der Waals surface area contributed by atoms with Gasteiger partial charge in [-0.15, -0.1) is 24.8 Å². The number of nitrogens with zero attached hydrogens (tertiary/aromatic N) is 4. The number of piperazine rings is 1. The first kappa shape index (κ1) is 24.2. The minimum absolute atomic E-state index is 0. The Bertz CT molecular complexity index is 542. The van der Waals surface area contributed by atoms with E-state index in [4.69, 9.17) is 4.74 Å². The summed E-state index contributed by atoms with van der Waals surface area (Å²) in [6.07, 6.45) is 5.58. The van der Waals surface area contributed by atoms with E-state index in [1.807, 2.05) is 21.8 Å². The second-order valence-corrected chi connectivity index (χ2v) is 7.29. The minimum Gasteiger partial charge on any atom is -0.377 e. The van der Waals surface area contributed by atoms with E-state index in [-0.39, 0.29) is 36.8 Å². The van der Waals surface area contributed by atoms with Gasteiger partial charge in [-0.05, 0) is 45.8 Å². The Morgan fingerprint density at radius 2 is 1.85 bits per heavy atom. The van der Waals surface area contributed by atoms with Gasteiger partial charge in [-0.3, -0.25) is 14.4 Å². The molecule has 2 saturated heterocycles. The number of ether oxygens (including phenoxy) is 1. The van der Waals surface area contributed by atoms with E-state index in [0.29, 0.717) is 0 Å². The quantitative estimate of drug-likeness (QED) is 0.751. The van der Waals surface area contributed by atoms with Crippen LogP contribution in [0.15, 0.2) is 18.5 Å². The largest absolute Gasteiger partial charge is 0.377 e. The van der Waals surface area contributed by atoms with E-state index in [9.17, 15) is 4.79 Å². The fraction of sp³-hybridized carbons (Fsp3) is 0.778. The summed E-state index contributed by atoms with van der Waals surface area (Å²) in [6, 6.07) is 1.91. The van der Waals surface area contributed by atoms with Gasteiger partial charge >= 0.3 is 0 Å². The minimum atomic E-state index is -0.516. The zero-order valence-electron chi connectivity index (χ0n) is 16.3. The van der Waals surface area contributed by atoms with E-state index < -0.39 is 5.54 Å². The highest BCUT2D eigenvalue weighted by Crippen LogP contribution is 2.29. The van der Waals surface area contributed by atoms with E-state index in [1.165, 1.54) is 0 Å². The summed E-state index contributed by atoms with van der Waals surface area (Å²) in [6.45, 7) is 10.9. The topological polar surface area (TPSA) is 62.6 Å². The first-order valence-electron chi connectivity index (χ1n) is 9.46. The molecule has 0 spiro atoms. The molecule has 0 bridgehead atoms. The molecular weight excluding hydrogens is 389 g/mol. The molecule has 1 N–H and O–H groups in total. The Labute approximate surface area is 174 Å². The van der Waals surface area contributed by atoms with Crippen LogP contribution in [0, 0.1) is 0 Å². The fourth-order valence-electron chi connectivity index (χ4n) is 3.79. The number of halogens is 2. The molecule has 2 aliphatic heterocycles. The molecule has 2 aliphatic rings. The zero-order valence-corrected chi connectivity index (χ0v) is 17.9. The van der Waals surface area contributed by atoms with Crippen LogP contribution in [0.5, 0.6) is 0 Å².